The maximum atomic E-state index is 5.18. The average molecular weight is 206 g/mol. The zero-order chi connectivity index (χ0) is 11.1. The van der Waals surface area contributed by atoms with Gasteiger partial charge in [-0.15, -0.1) is 6.58 Å². The third-order valence-corrected chi connectivity index (χ3v) is 2.48. The Bertz CT molecular complexity index is 278. The summed E-state index contributed by atoms with van der Waals surface area (Å²) in [5.74, 6) is 0.274. The van der Waals surface area contributed by atoms with Crippen LogP contribution in [0.1, 0.15) is 17.9 Å². The molecule has 0 heterocycles. The molecule has 0 saturated carbocycles. The van der Waals surface area contributed by atoms with Crippen LogP contribution >= 0.6 is 0 Å². The maximum absolute atomic E-state index is 5.18. The fourth-order valence-corrected chi connectivity index (χ4v) is 1.56. The molecule has 2 heteroatoms. The third-order valence-electron chi connectivity index (χ3n) is 2.48. The van der Waals surface area contributed by atoms with Crippen molar-refractivity contribution in [1.29, 1.82) is 0 Å². The largest absolute Gasteiger partial charge is 0.356 e. The number of allylic oxidation sites excluding steroid dienone is 1. The lowest BCUT2D eigenvalue weighted by molar-refractivity contribution is -0.107. The van der Waals surface area contributed by atoms with E-state index in [0.717, 1.165) is 6.42 Å². The molecule has 1 aromatic carbocycles. The molecule has 82 valence electrons. The molecule has 1 atom stereocenters. The van der Waals surface area contributed by atoms with Crippen LogP contribution in [-0.2, 0) is 9.47 Å². The summed E-state index contributed by atoms with van der Waals surface area (Å²) < 4.78 is 10.4. The molecule has 1 aromatic rings. The van der Waals surface area contributed by atoms with Crippen LogP contribution in [-0.4, -0.2) is 20.5 Å². The first kappa shape index (κ1) is 12.0. The van der Waals surface area contributed by atoms with Crippen molar-refractivity contribution in [3.05, 3.63) is 48.6 Å². The molecule has 2 nitrogen and oxygen atoms in total. The highest BCUT2D eigenvalue weighted by Crippen LogP contribution is 2.23. The van der Waals surface area contributed by atoms with Crippen LogP contribution in [0.3, 0.4) is 0 Å². The van der Waals surface area contributed by atoms with Gasteiger partial charge in [0.1, 0.15) is 0 Å². The summed E-state index contributed by atoms with van der Waals surface area (Å²) in [6.45, 7) is 3.85. The minimum Gasteiger partial charge on any atom is -0.356 e. The Hall–Kier alpha value is -1.12. The first-order chi connectivity index (χ1) is 7.31. The second kappa shape index (κ2) is 6.38. The predicted octanol–water partition coefficient (Wildman–Crippen LogP) is 2.97. The average Bonchev–Trinajstić information content (AvgIpc) is 2.32. The molecule has 0 fully saturated rings. The number of hydrogen-bond acceptors (Lipinski definition) is 2. The molecule has 0 radical (unpaired) electrons. The lowest BCUT2D eigenvalue weighted by Gasteiger charge is -2.19. The Kier molecular flexibility index (Phi) is 5.08. The first-order valence-electron chi connectivity index (χ1n) is 5.05. The number of benzene rings is 1. The van der Waals surface area contributed by atoms with Crippen LogP contribution in [0.15, 0.2) is 43.0 Å². The second-order valence-corrected chi connectivity index (χ2v) is 3.39. The van der Waals surface area contributed by atoms with Crippen molar-refractivity contribution in [3.8, 4) is 0 Å². The van der Waals surface area contributed by atoms with Crippen molar-refractivity contribution in [2.24, 2.45) is 0 Å². The SMILES string of the molecule is C=C[C@@H](CC(OC)OC)c1ccccc1. The number of ether oxygens (including phenoxy) is 2. The van der Waals surface area contributed by atoms with E-state index in [1.165, 1.54) is 5.56 Å². The van der Waals surface area contributed by atoms with Gasteiger partial charge in [0, 0.05) is 26.6 Å². The smallest absolute Gasteiger partial charge is 0.157 e. The molecule has 0 aliphatic rings. The van der Waals surface area contributed by atoms with Gasteiger partial charge >= 0.3 is 0 Å². The molecule has 0 bridgehead atoms. The zero-order valence-corrected chi connectivity index (χ0v) is 9.35. The summed E-state index contributed by atoms with van der Waals surface area (Å²) in [5, 5.41) is 0. The highest BCUT2D eigenvalue weighted by molar-refractivity contribution is 5.23. The van der Waals surface area contributed by atoms with Crippen molar-refractivity contribution in [2.45, 2.75) is 18.6 Å². The normalized spacial score (nSPS) is 12.7. The molecule has 0 aliphatic carbocycles. The van der Waals surface area contributed by atoms with Gasteiger partial charge in [0.2, 0.25) is 0 Å². The van der Waals surface area contributed by atoms with Gasteiger partial charge in [-0.3, -0.25) is 0 Å². The molecule has 15 heavy (non-hydrogen) atoms. The summed E-state index contributed by atoms with van der Waals surface area (Å²) >= 11 is 0. The number of methoxy groups -OCH3 is 2. The third kappa shape index (κ3) is 3.50. The van der Waals surface area contributed by atoms with E-state index in [1.54, 1.807) is 14.2 Å². The van der Waals surface area contributed by atoms with Gasteiger partial charge in [-0.25, -0.2) is 0 Å². The van der Waals surface area contributed by atoms with E-state index in [9.17, 15) is 0 Å². The van der Waals surface area contributed by atoms with Crippen LogP contribution in [0.5, 0.6) is 0 Å². The fraction of sp³-hybridized carbons (Fsp3) is 0.385. The standard InChI is InChI=1S/C13H18O2/c1-4-11(10-13(14-2)15-3)12-8-6-5-7-9-12/h4-9,11,13H,1,10H2,2-3H3/t11-/m0/s1. The predicted molar refractivity (Wildman–Crippen MR) is 61.8 cm³/mol. The topological polar surface area (TPSA) is 18.5 Å². The fourth-order valence-electron chi connectivity index (χ4n) is 1.56. The Labute approximate surface area is 91.5 Å². The van der Waals surface area contributed by atoms with Gasteiger partial charge in [-0.2, -0.15) is 0 Å². The Balaban J connectivity index is 2.68. The van der Waals surface area contributed by atoms with Gasteiger partial charge in [-0.05, 0) is 5.56 Å². The summed E-state index contributed by atoms with van der Waals surface area (Å²) in [7, 11) is 3.30. The van der Waals surface area contributed by atoms with Gasteiger partial charge in [-0.1, -0.05) is 36.4 Å². The number of hydrogen-bond donors (Lipinski definition) is 0. The van der Waals surface area contributed by atoms with E-state index >= 15 is 0 Å². The van der Waals surface area contributed by atoms with E-state index < -0.39 is 0 Å². The summed E-state index contributed by atoms with van der Waals surface area (Å²) in [6.07, 6.45) is 2.55. The Morgan fingerprint density at radius 1 is 1.20 bits per heavy atom. The van der Waals surface area contributed by atoms with Gasteiger partial charge in [0.25, 0.3) is 0 Å². The molecular weight excluding hydrogens is 188 g/mol. The monoisotopic (exact) mass is 206 g/mol. The quantitative estimate of drug-likeness (QED) is 0.526. The molecule has 0 N–H and O–H groups in total. The highest BCUT2D eigenvalue weighted by atomic mass is 16.7. The molecule has 0 aliphatic heterocycles. The second-order valence-electron chi connectivity index (χ2n) is 3.39. The molecule has 0 saturated heterocycles. The van der Waals surface area contributed by atoms with Crippen LogP contribution < -0.4 is 0 Å². The van der Waals surface area contributed by atoms with E-state index in [1.807, 2.05) is 24.3 Å². The molecular formula is C13H18O2. The van der Waals surface area contributed by atoms with Gasteiger partial charge in [0.15, 0.2) is 6.29 Å². The van der Waals surface area contributed by atoms with E-state index in [0.29, 0.717) is 0 Å². The number of rotatable bonds is 6. The van der Waals surface area contributed by atoms with Crippen molar-refractivity contribution in [3.63, 3.8) is 0 Å². The van der Waals surface area contributed by atoms with Crippen LogP contribution in [0.25, 0.3) is 0 Å². The first-order valence-corrected chi connectivity index (χ1v) is 5.05. The molecule has 0 unspecified atom stereocenters. The minimum absolute atomic E-state index is 0.173. The summed E-state index contributed by atoms with van der Waals surface area (Å²) in [5.41, 5.74) is 1.24. The maximum Gasteiger partial charge on any atom is 0.157 e. The van der Waals surface area contributed by atoms with Crippen LogP contribution in [0, 0.1) is 0 Å². The Morgan fingerprint density at radius 2 is 1.80 bits per heavy atom. The lowest BCUT2D eigenvalue weighted by Crippen LogP contribution is -2.16. The minimum atomic E-state index is -0.173. The highest BCUT2D eigenvalue weighted by Gasteiger charge is 2.14. The molecule has 1 rings (SSSR count). The van der Waals surface area contributed by atoms with E-state index in [4.69, 9.17) is 9.47 Å². The van der Waals surface area contributed by atoms with Gasteiger partial charge in [0.05, 0.1) is 0 Å². The van der Waals surface area contributed by atoms with Crippen molar-refractivity contribution in [1.82, 2.24) is 0 Å². The van der Waals surface area contributed by atoms with Crippen LogP contribution in [0.4, 0.5) is 0 Å². The summed E-state index contributed by atoms with van der Waals surface area (Å²) in [6, 6.07) is 10.2. The van der Waals surface area contributed by atoms with Crippen molar-refractivity contribution >= 4 is 0 Å². The molecule has 0 spiro atoms. The lowest BCUT2D eigenvalue weighted by atomic mass is 9.96. The van der Waals surface area contributed by atoms with Crippen molar-refractivity contribution in [2.75, 3.05) is 14.2 Å². The van der Waals surface area contributed by atoms with Gasteiger partial charge < -0.3 is 9.47 Å². The molecule has 0 aromatic heterocycles. The Morgan fingerprint density at radius 3 is 2.27 bits per heavy atom. The molecule has 0 amide bonds. The van der Waals surface area contributed by atoms with E-state index in [2.05, 4.69) is 18.7 Å². The zero-order valence-electron chi connectivity index (χ0n) is 9.35. The van der Waals surface area contributed by atoms with Crippen LogP contribution in [0.2, 0.25) is 0 Å². The summed E-state index contributed by atoms with van der Waals surface area (Å²) in [4.78, 5) is 0. The van der Waals surface area contributed by atoms with Crippen molar-refractivity contribution < 1.29 is 9.47 Å². The van der Waals surface area contributed by atoms with E-state index in [-0.39, 0.29) is 12.2 Å².